The molecule has 1 aliphatic rings. The van der Waals surface area contributed by atoms with E-state index in [0.717, 1.165) is 11.3 Å². The molecule has 0 bridgehead atoms. The quantitative estimate of drug-likeness (QED) is 0.874. The van der Waals surface area contributed by atoms with E-state index in [1.807, 2.05) is 30.0 Å². The molecule has 1 heterocycles. The highest BCUT2D eigenvalue weighted by atomic mass is 35.5. The fourth-order valence-electron chi connectivity index (χ4n) is 2.40. The Labute approximate surface area is 124 Å². The lowest BCUT2D eigenvalue weighted by atomic mass is 10.1. The van der Waals surface area contributed by atoms with Crippen LogP contribution in [0.5, 0.6) is 0 Å². The summed E-state index contributed by atoms with van der Waals surface area (Å²) in [5, 5.41) is 3.50. The molecule has 6 heteroatoms. The van der Waals surface area contributed by atoms with Crippen molar-refractivity contribution in [2.45, 2.75) is 19.5 Å². The highest BCUT2D eigenvalue weighted by Crippen LogP contribution is 2.27. The number of rotatable bonds is 4. The van der Waals surface area contributed by atoms with Crippen LogP contribution in [0.3, 0.4) is 0 Å². The van der Waals surface area contributed by atoms with Gasteiger partial charge in [-0.25, -0.2) is 0 Å². The molecule has 1 amide bonds. The van der Waals surface area contributed by atoms with Gasteiger partial charge in [-0.05, 0) is 30.7 Å². The zero-order valence-corrected chi connectivity index (χ0v) is 12.3. The molecule has 0 aliphatic carbocycles. The zero-order chi connectivity index (χ0) is 14.5. The number of hydrogen-bond donors (Lipinski definition) is 2. The summed E-state index contributed by atoms with van der Waals surface area (Å²) < 4.78 is 5.44. The number of nitrogens with two attached hydrogens (primary N) is 1. The van der Waals surface area contributed by atoms with Gasteiger partial charge >= 0.3 is 0 Å². The lowest BCUT2D eigenvalue weighted by molar-refractivity contribution is -0.124. The Balaban J connectivity index is 2.30. The van der Waals surface area contributed by atoms with Crippen molar-refractivity contribution in [1.29, 1.82) is 0 Å². The Bertz CT molecular complexity index is 481. The van der Waals surface area contributed by atoms with Gasteiger partial charge in [0.25, 0.3) is 0 Å². The number of nitrogens with one attached hydrogen (secondary N) is 1. The molecule has 5 nitrogen and oxygen atoms in total. The van der Waals surface area contributed by atoms with E-state index in [4.69, 9.17) is 22.1 Å². The summed E-state index contributed by atoms with van der Waals surface area (Å²) >= 11 is 6.01. The maximum Gasteiger partial charge on any atom is 0.245 e. The molecule has 1 fully saturated rings. The predicted molar refractivity (Wildman–Crippen MR) is 80.0 cm³/mol. The average Bonchev–Trinajstić information content (AvgIpc) is 2.47. The van der Waals surface area contributed by atoms with E-state index in [1.165, 1.54) is 0 Å². The summed E-state index contributed by atoms with van der Waals surface area (Å²) in [6.45, 7) is 4.54. The Hall–Kier alpha value is -1.30. The highest BCUT2D eigenvalue weighted by Gasteiger charge is 2.30. The summed E-state index contributed by atoms with van der Waals surface area (Å²) in [7, 11) is 0. The standard InChI is InChI=1S/C14H20ClN3O2/c1-2-17-14(19)13-9-20-6-5-18(13)12-4-3-11(15)7-10(12)8-16/h3-4,7,13H,2,5-6,8-9,16H2,1H3,(H,17,19). The topological polar surface area (TPSA) is 67.6 Å². The maximum absolute atomic E-state index is 12.2. The van der Waals surface area contributed by atoms with Crippen molar-refractivity contribution in [2.75, 3.05) is 31.2 Å². The van der Waals surface area contributed by atoms with Crippen molar-refractivity contribution in [3.8, 4) is 0 Å². The first-order valence-corrected chi connectivity index (χ1v) is 7.15. The van der Waals surface area contributed by atoms with Gasteiger partial charge in [0, 0.05) is 30.3 Å². The van der Waals surface area contributed by atoms with E-state index in [2.05, 4.69) is 5.32 Å². The molecule has 0 spiro atoms. The van der Waals surface area contributed by atoms with Gasteiger partial charge in [-0.2, -0.15) is 0 Å². The van der Waals surface area contributed by atoms with Gasteiger partial charge in [-0.1, -0.05) is 11.6 Å². The molecule has 20 heavy (non-hydrogen) atoms. The Morgan fingerprint density at radius 1 is 1.60 bits per heavy atom. The predicted octanol–water partition coefficient (Wildman–Crippen LogP) is 1.14. The summed E-state index contributed by atoms with van der Waals surface area (Å²) in [5.41, 5.74) is 7.68. The molecule has 2 rings (SSSR count). The van der Waals surface area contributed by atoms with Gasteiger partial charge in [0.1, 0.15) is 6.04 Å². The van der Waals surface area contributed by atoms with Crippen LogP contribution >= 0.6 is 11.6 Å². The van der Waals surface area contributed by atoms with Crippen LogP contribution in [-0.4, -0.2) is 38.3 Å². The van der Waals surface area contributed by atoms with Crippen LogP contribution in [0.2, 0.25) is 5.02 Å². The molecule has 0 aromatic heterocycles. The number of carbonyl (C=O) groups excluding carboxylic acids is 1. The number of morpholine rings is 1. The van der Waals surface area contributed by atoms with Gasteiger partial charge in [0.15, 0.2) is 0 Å². The van der Waals surface area contributed by atoms with Crippen molar-refractivity contribution in [1.82, 2.24) is 5.32 Å². The number of likely N-dealkylation sites (N-methyl/N-ethyl adjacent to an activating group) is 1. The van der Waals surface area contributed by atoms with Gasteiger partial charge in [-0.15, -0.1) is 0 Å². The number of ether oxygens (including phenoxy) is 1. The van der Waals surface area contributed by atoms with Gasteiger partial charge < -0.3 is 20.7 Å². The number of anilines is 1. The van der Waals surface area contributed by atoms with E-state index in [0.29, 0.717) is 37.9 Å². The summed E-state index contributed by atoms with van der Waals surface area (Å²) in [5.74, 6) is -0.0230. The molecular weight excluding hydrogens is 278 g/mol. The molecule has 110 valence electrons. The van der Waals surface area contributed by atoms with Crippen molar-refractivity contribution in [3.05, 3.63) is 28.8 Å². The molecule has 1 aliphatic heterocycles. The van der Waals surface area contributed by atoms with Gasteiger partial charge in [0.2, 0.25) is 5.91 Å². The number of nitrogens with zero attached hydrogens (tertiary/aromatic N) is 1. The Morgan fingerprint density at radius 3 is 3.10 bits per heavy atom. The van der Waals surface area contributed by atoms with E-state index in [-0.39, 0.29) is 11.9 Å². The smallest absolute Gasteiger partial charge is 0.245 e. The van der Waals surface area contributed by atoms with Crippen LogP contribution in [0.4, 0.5) is 5.69 Å². The lowest BCUT2D eigenvalue weighted by Gasteiger charge is -2.37. The normalized spacial score (nSPS) is 18.9. The number of hydrogen-bond acceptors (Lipinski definition) is 4. The molecule has 1 saturated heterocycles. The molecule has 0 saturated carbocycles. The van der Waals surface area contributed by atoms with Gasteiger partial charge in [-0.3, -0.25) is 4.79 Å². The Morgan fingerprint density at radius 2 is 2.40 bits per heavy atom. The van der Waals surface area contributed by atoms with Crippen molar-refractivity contribution in [3.63, 3.8) is 0 Å². The maximum atomic E-state index is 12.2. The molecule has 1 unspecified atom stereocenters. The van der Waals surface area contributed by atoms with Gasteiger partial charge in [0.05, 0.1) is 13.2 Å². The second-order valence-corrected chi connectivity index (χ2v) is 5.09. The van der Waals surface area contributed by atoms with Crippen LogP contribution in [0, 0.1) is 0 Å². The molecule has 0 radical (unpaired) electrons. The first-order chi connectivity index (χ1) is 9.67. The van der Waals surface area contributed by atoms with Crippen LogP contribution < -0.4 is 16.0 Å². The van der Waals surface area contributed by atoms with Crippen LogP contribution in [0.15, 0.2) is 18.2 Å². The number of halogens is 1. The van der Waals surface area contributed by atoms with E-state index in [1.54, 1.807) is 0 Å². The third kappa shape index (κ3) is 3.23. The molecule has 1 aromatic carbocycles. The van der Waals surface area contributed by atoms with Crippen LogP contribution in [-0.2, 0) is 16.1 Å². The lowest BCUT2D eigenvalue weighted by Crippen LogP contribution is -2.54. The third-order valence-corrected chi connectivity index (χ3v) is 3.59. The average molecular weight is 298 g/mol. The second-order valence-electron chi connectivity index (χ2n) is 4.66. The summed E-state index contributed by atoms with van der Waals surface area (Å²) in [6, 6.07) is 5.26. The molecule has 3 N–H and O–H groups in total. The third-order valence-electron chi connectivity index (χ3n) is 3.35. The number of amides is 1. The number of benzene rings is 1. The molecular formula is C14H20ClN3O2. The van der Waals surface area contributed by atoms with Crippen LogP contribution in [0.1, 0.15) is 12.5 Å². The minimum atomic E-state index is -0.324. The Kier molecular flexibility index (Phi) is 5.23. The fourth-order valence-corrected chi connectivity index (χ4v) is 2.59. The van der Waals surface area contributed by atoms with Crippen molar-refractivity contribution in [2.24, 2.45) is 5.73 Å². The van der Waals surface area contributed by atoms with Crippen molar-refractivity contribution >= 4 is 23.2 Å². The van der Waals surface area contributed by atoms with Crippen LogP contribution in [0.25, 0.3) is 0 Å². The first-order valence-electron chi connectivity index (χ1n) is 6.78. The monoisotopic (exact) mass is 297 g/mol. The molecule has 1 atom stereocenters. The zero-order valence-electron chi connectivity index (χ0n) is 11.6. The van der Waals surface area contributed by atoms with E-state index >= 15 is 0 Å². The van der Waals surface area contributed by atoms with E-state index in [9.17, 15) is 4.79 Å². The van der Waals surface area contributed by atoms with E-state index < -0.39 is 0 Å². The fraction of sp³-hybridized carbons (Fsp3) is 0.500. The minimum absolute atomic E-state index is 0.0230. The SMILES string of the molecule is CCNC(=O)C1COCCN1c1ccc(Cl)cc1CN. The second kappa shape index (κ2) is 6.92. The molecule has 1 aromatic rings. The summed E-state index contributed by atoms with van der Waals surface area (Å²) in [4.78, 5) is 14.2. The first kappa shape index (κ1) is 15.1. The summed E-state index contributed by atoms with van der Waals surface area (Å²) in [6.07, 6.45) is 0. The highest BCUT2D eigenvalue weighted by molar-refractivity contribution is 6.30. The van der Waals surface area contributed by atoms with Crippen molar-refractivity contribution < 1.29 is 9.53 Å². The largest absolute Gasteiger partial charge is 0.377 e. The minimum Gasteiger partial charge on any atom is -0.377 e. The number of carbonyl (C=O) groups is 1.